The summed E-state index contributed by atoms with van der Waals surface area (Å²) in [5, 5.41) is 16.8. The van der Waals surface area contributed by atoms with Crippen molar-refractivity contribution in [1.29, 1.82) is 0 Å². The van der Waals surface area contributed by atoms with Crippen LogP contribution in [-0.4, -0.2) is 106 Å². The molecule has 0 bridgehead atoms. The van der Waals surface area contributed by atoms with Crippen molar-refractivity contribution in [2.75, 3.05) is 57.7 Å². The number of phenolic OH excluding ortho intramolecular Hbond substituents is 1. The summed E-state index contributed by atoms with van der Waals surface area (Å²) in [6, 6.07) is 15.0. The Labute approximate surface area is 377 Å². The Morgan fingerprint density at radius 2 is 1.70 bits per heavy atom. The van der Waals surface area contributed by atoms with Crippen molar-refractivity contribution in [3.05, 3.63) is 106 Å². The van der Waals surface area contributed by atoms with Crippen LogP contribution in [0.3, 0.4) is 0 Å². The maximum Gasteiger partial charge on any atom is 0.253 e. The molecular weight excluding hydrogens is 809 g/mol. The number of rotatable bonds is 15. The summed E-state index contributed by atoms with van der Waals surface area (Å²) in [6.07, 6.45) is 9.44. The van der Waals surface area contributed by atoms with Gasteiger partial charge >= 0.3 is 0 Å². The Hall–Kier alpha value is -6.06. The third kappa shape index (κ3) is 11.4. The number of aromatic hydroxyl groups is 1. The Morgan fingerprint density at radius 1 is 0.969 bits per heavy atom. The number of allylic oxidation sites excluding steroid dienone is 1. The van der Waals surface area contributed by atoms with Crippen molar-refractivity contribution in [2.45, 2.75) is 85.5 Å². The zero-order valence-corrected chi connectivity index (χ0v) is 38.3. The van der Waals surface area contributed by atoms with Crippen molar-refractivity contribution in [3.63, 3.8) is 0 Å². The zero-order valence-electron chi connectivity index (χ0n) is 38.3. The summed E-state index contributed by atoms with van der Waals surface area (Å²) >= 11 is 0. The van der Waals surface area contributed by atoms with Crippen molar-refractivity contribution in [2.24, 2.45) is 29.0 Å². The minimum Gasteiger partial charge on any atom is -0.507 e. The van der Waals surface area contributed by atoms with Gasteiger partial charge in [-0.05, 0) is 112 Å². The number of aromatic nitrogens is 2. The van der Waals surface area contributed by atoms with E-state index in [1.54, 1.807) is 36.5 Å². The lowest BCUT2D eigenvalue weighted by Crippen LogP contribution is -2.50. The fraction of sp³-hybridized carbons (Fsp3) is 0.469. The van der Waals surface area contributed by atoms with Crippen LogP contribution in [0, 0.1) is 25.7 Å². The molecule has 344 valence electrons. The molecule has 15 nitrogen and oxygen atoms in total. The molecule has 15 heteroatoms. The molecule has 3 amide bonds. The van der Waals surface area contributed by atoms with E-state index in [2.05, 4.69) is 45.0 Å². The van der Waals surface area contributed by atoms with Crippen LogP contribution in [0.4, 0.5) is 5.69 Å². The largest absolute Gasteiger partial charge is 0.507 e. The van der Waals surface area contributed by atoms with E-state index in [0.29, 0.717) is 85.2 Å². The Bertz CT molecular complexity index is 2320. The standard InChI is InChI=1S/C47H62N10O5.C2H6/c1-29-17-35(9-10-37(29)43-27-56(25-32(4)62-43)41(45(49)50)22-40(48)38-7-5-6-8-42(38)59)47(61)55-15-13-54(14-16-55)26-34-19-33(20-34)18-31(3)57-24-30(2)39-21-36(23-52-46(39)57)53-44(60)11-12-51-28-58;1-2/h5-10,17,21-24,28,31-34,43,59H,11-16,18-20,25-27,48-50H2,1-4H3,(H,51,58)(H,53,60);1-2H3/b40-22-;. The van der Waals surface area contributed by atoms with Gasteiger partial charge in [0.25, 0.3) is 5.91 Å². The molecule has 9 N–H and O–H groups in total. The summed E-state index contributed by atoms with van der Waals surface area (Å²) < 4.78 is 8.69. The smallest absolute Gasteiger partial charge is 0.253 e. The lowest BCUT2D eigenvalue weighted by Gasteiger charge is -2.42. The molecular formula is C49H68N10O5. The highest BCUT2D eigenvalue weighted by atomic mass is 16.5. The van der Waals surface area contributed by atoms with Gasteiger partial charge in [0.15, 0.2) is 0 Å². The highest BCUT2D eigenvalue weighted by Crippen LogP contribution is 2.41. The van der Waals surface area contributed by atoms with Gasteiger partial charge in [-0.2, -0.15) is 0 Å². The molecule has 1 saturated carbocycles. The SMILES string of the molecule is CC.Cc1cc(C(=O)N2CCN(CC3CC(CC(C)n4cc(C)c5cc(NC(=O)CCNC=O)cnc54)C3)CC2)ccc1C1CN(C(/C=C(\N)c2ccccc2O)=C(N)N)CC(C)O1. The minimum atomic E-state index is -0.287. The maximum absolute atomic E-state index is 13.8. The lowest BCUT2D eigenvalue weighted by atomic mass is 9.72. The summed E-state index contributed by atoms with van der Waals surface area (Å²) in [5.41, 5.74) is 25.5. The predicted molar refractivity (Wildman–Crippen MR) is 253 cm³/mol. The number of nitrogens with two attached hydrogens (primary N) is 3. The molecule has 1 aliphatic carbocycles. The number of aryl methyl sites for hydroxylation is 2. The number of nitrogens with one attached hydrogen (secondary N) is 2. The molecule has 3 unspecified atom stereocenters. The number of anilines is 1. The van der Waals surface area contributed by atoms with Crippen LogP contribution in [0.5, 0.6) is 5.75 Å². The fourth-order valence-electron chi connectivity index (χ4n) is 9.45. The van der Waals surface area contributed by atoms with Gasteiger partial charge < -0.3 is 52.0 Å². The van der Waals surface area contributed by atoms with Crippen molar-refractivity contribution in [3.8, 4) is 5.75 Å². The molecule has 4 heterocycles. The molecule has 4 aromatic rings. The van der Waals surface area contributed by atoms with Gasteiger partial charge in [0.05, 0.1) is 23.7 Å². The van der Waals surface area contributed by atoms with Crippen LogP contribution in [0.2, 0.25) is 0 Å². The molecule has 3 atom stereocenters. The topological polar surface area (TPSA) is 210 Å². The Morgan fingerprint density at radius 3 is 2.39 bits per heavy atom. The first-order chi connectivity index (χ1) is 30.8. The second kappa shape index (κ2) is 21.5. The van der Waals surface area contributed by atoms with Gasteiger partial charge in [-0.15, -0.1) is 0 Å². The van der Waals surface area contributed by atoms with Gasteiger partial charge in [0.1, 0.15) is 23.3 Å². The van der Waals surface area contributed by atoms with E-state index >= 15 is 0 Å². The van der Waals surface area contributed by atoms with Crippen LogP contribution in [0.25, 0.3) is 16.7 Å². The number of fused-ring (bicyclic) bond motifs is 1. The van der Waals surface area contributed by atoms with Gasteiger partial charge in [-0.3, -0.25) is 19.3 Å². The number of nitrogens with zero attached hydrogens (tertiary/aromatic N) is 5. The quantitative estimate of drug-likeness (QED) is 0.0482. The van der Waals surface area contributed by atoms with E-state index in [4.69, 9.17) is 26.9 Å². The van der Waals surface area contributed by atoms with E-state index < -0.39 is 0 Å². The molecule has 3 fully saturated rings. The summed E-state index contributed by atoms with van der Waals surface area (Å²) in [6.45, 7) is 17.9. The molecule has 0 radical (unpaired) electrons. The molecule has 2 aromatic carbocycles. The number of benzene rings is 2. The lowest BCUT2D eigenvalue weighted by molar-refractivity contribution is -0.116. The van der Waals surface area contributed by atoms with Crippen molar-refractivity contribution >= 4 is 40.6 Å². The van der Waals surface area contributed by atoms with E-state index in [9.17, 15) is 19.5 Å². The van der Waals surface area contributed by atoms with E-state index in [-0.39, 0.29) is 42.0 Å². The first-order valence-electron chi connectivity index (χ1n) is 22.7. The summed E-state index contributed by atoms with van der Waals surface area (Å²) in [4.78, 5) is 47.8. The third-order valence-corrected chi connectivity index (χ3v) is 12.7. The number of phenols is 1. The molecule has 0 spiro atoms. The molecule has 7 rings (SSSR count). The van der Waals surface area contributed by atoms with Crippen molar-refractivity contribution < 1.29 is 24.2 Å². The molecule has 3 aliphatic rings. The number of piperazine rings is 1. The van der Waals surface area contributed by atoms with Gasteiger partial charge in [0.2, 0.25) is 12.3 Å². The first-order valence-corrected chi connectivity index (χ1v) is 22.7. The minimum absolute atomic E-state index is 0.0503. The van der Waals surface area contributed by atoms with E-state index in [0.717, 1.165) is 53.8 Å². The van der Waals surface area contributed by atoms with Crippen LogP contribution in [-0.2, 0) is 14.3 Å². The number of carbonyl (C=O) groups is 3. The van der Waals surface area contributed by atoms with Gasteiger partial charge in [-0.25, -0.2) is 4.98 Å². The average Bonchev–Trinajstić information content (AvgIpc) is 3.60. The second-order valence-corrected chi connectivity index (χ2v) is 17.4. The maximum atomic E-state index is 13.8. The Balaban J connectivity index is 0.00000335. The number of amides is 3. The summed E-state index contributed by atoms with van der Waals surface area (Å²) in [5.74, 6) is 1.40. The fourth-order valence-corrected chi connectivity index (χ4v) is 9.45. The average molecular weight is 877 g/mol. The van der Waals surface area contributed by atoms with Crippen LogP contribution in [0.1, 0.15) is 98.1 Å². The molecule has 2 saturated heterocycles. The van der Waals surface area contributed by atoms with Crippen LogP contribution < -0.4 is 27.8 Å². The Kier molecular flexibility index (Phi) is 16.0. The number of hydrogen-bond acceptors (Lipinski definition) is 11. The number of carbonyl (C=O) groups excluding carboxylic acids is 3. The number of para-hydroxylation sites is 1. The molecule has 2 aromatic heterocycles. The highest BCUT2D eigenvalue weighted by molar-refractivity contribution is 5.95. The number of ether oxygens (including phenoxy) is 1. The van der Waals surface area contributed by atoms with E-state index in [1.807, 2.05) is 56.9 Å². The van der Waals surface area contributed by atoms with Gasteiger partial charge in [-0.1, -0.05) is 32.0 Å². The van der Waals surface area contributed by atoms with E-state index in [1.165, 1.54) is 12.8 Å². The predicted octanol–water partition coefficient (Wildman–Crippen LogP) is 5.74. The first kappa shape index (κ1) is 47.4. The summed E-state index contributed by atoms with van der Waals surface area (Å²) in [7, 11) is 0. The monoisotopic (exact) mass is 877 g/mol. The number of hydrogen-bond donors (Lipinski definition) is 6. The molecule has 64 heavy (non-hydrogen) atoms. The number of pyridine rings is 1. The normalized spacial score (nSPS) is 20.7. The second-order valence-electron chi connectivity index (χ2n) is 17.4. The van der Waals surface area contributed by atoms with Crippen LogP contribution >= 0.6 is 0 Å². The zero-order chi connectivity index (χ0) is 46.1. The van der Waals surface area contributed by atoms with Crippen molar-refractivity contribution in [1.82, 2.24) is 29.6 Å². The highest BCUT2D eigenvalue weighted by Gasteiger charge is 2.34. The molecule has 2 aliphatic heterocycles. The van der Waals surface area contributed by atoms with Crippen LogP contribution in [0.15, 0.2) is 78.5 Å². The third-order valence-electron chi connectivity index (χ3n) is 12.7. The van der Waals surface area contributed by atoms with Gasteiger partial charge in [0, 0.05) is 93.2 Å². The number of morpholine rings is 1.